The number of para-hydroxylation sites is 1. The Morgan fingerprint density at radius 3 is 2.84 bits per heavy atom. The zero-order valence-electron chi connectivity index (χ0n) is 9.91. The molecule has 8 heteroatoms. The molecule has 0 unspecified atom stereocenters. The van der Waals surface area contributed by atoms with E-state index in [1.54, 1.807) is 6.07 Å². The molecule has 0 aliphatic heterocycles. The van der Waals surface area contributed by atoms with E-state index in [2.05, 4.69) is 15.5 Å². The third-order valence-electron chi connectivity index (χ3n) is 2.39. The van der Waals surface area contributed by atoms with Gasteiger partial charge in [-0.1, -0.05) is 6.07 Å². The second-order valence-electron chi connectivity index (χ2n) is 3.54. The van der Waals surface area contributed by atoms with Crippen molar-refractivity contribution in [1.29, 1.82) is 0 Å². The van der Waals surface area contributed by atoms with Crippen molar-refractivity contribution in [3.63, 3.8) is 0 Å². The maximum absolute atomic E-state index is 12.0. The van der Waals surface area contributed by atoms with E-state index in [0.717, 1.165) is 0 Å². The van der Waals surface area contributed by atoms with Crippen LogP contribution in [0.4, 0.5) is 11.5 Å². The highest BCUT2D eigenvalue weighted by Gasteiger charge is 2.22. The average molecular weight is 262 g/mol. The first kappa shape index (κ1) is 12.6. The van der Waals surface area contributed by atoms with Crippen LogP contribution in [0.25, 0.3) is 0 Å². The fourth-order valence-electron chi connectivity index (χ4n) is 1.58. The van der Waals surface area contributed by atoms with Gasteiger partial charge in [-0.05, 0) is 6.07 Å². The summed E-state index contributed by atoms with van der Waals surface area (Å²) in [6.07, 6.45) is 1.47. The molecular weight excluding hydrogens is 252 g/mol. The van der Waals surface area contributed by atoms with Crippen LogP contribution in [0.2, 0.25) is 0 Å². The van der Waals surface area contributed by atoms with E-state index in [0.29, 0.717) is 5.82 Å². The van der Waals surface area contributed by atoms with Gasteiger partial charge in [0.2, 0.25) is 5.75 Å². The summed E-state index contributed by atoms with van der Waals surface area (Å²) in [5.74, 6) is -0.215. The Morgan fingerprint density at radius 1 is 1.47 bits per heavy atom. The standard InChI is InChI=1S/C11H10N4O4/c1-19-10-7(3-2-4-8(10)15(17)18)11(16)13-9-5-6-12-14-9/h2-6H,1H3,(H2,12,13,14,16). The highest BCUT2D eigenvalue weighted by atomic mass is 16.6. The van der Waals surface area contributed by atoms with Crippen LogP contribution < -0.4 is 10.1 Å². The van der Waals surface area contributed by atoms with Gasteiger partial charge in [0.15, 0.2) is 0 Å². The van der Waals surface area contributed by atoms with Gasteiger partial charge in [-0.2, -0.15) is 5.10 Å². The lowest BCUT2D eigenvalue weighted by atomic mass is 10.1. The molecule has 0 aliphatic rings. The second-order valence-corrected chi connectivity index (χ2v) is 3.54. The van der Waals surface area contributed by atoms with E-state index in [-0.39, 0.29) is 17.0 Å². The smallest absolute Gasteiger partial charge is 0.311 e. The maximum atomic E-state index is 12.0. The fraction of sp³-hybridized carbons (Fsp3) is 0.0909. The summed E-state index contributed by atoms with van der Waals surface area (Å²) in [5.41, 5.74) is -0.189. The Hall–Kier alpha value is -2.90. The van der Waals surface area contributed by atoms with Crippen molar-refractivity contribution in [2.75, 3.05) is 12.4 Å². The van der Waals surface area contributed by atoms with Crippen molar-refractivity contribution >= 4 is 17.4 Å². The zero-order valence-corrected chi connectivity index (χ0v) is 9.91. The molecule has 0 spiro atoms. The summed E-state index contributed by atoms with van der Waals surface area (Å²) in [5, 5.41) is 19.6. The van der Waals surface area contributed by atoms with Crippen molar-refractivity contribution in [2.24, 2.45) is 0 Å². The monoisotopic (exact) mass is 262 g/mol. The number of nitrogens with one attached hydrogen (secondary N) is 2. The number of carbonyl (C=O) groups excluding carboxylic acids is 1. The van der Waals surface area contributed by atoms with E-state index >= 15 is 0 Å². The Bertz CT molecular complexity index is 609. The number of hydrogen-bond acceptors (Lipinski definition) is 5. The minimum Gasteiger partial charge on any atom is -0.490 e. The van der Waals surface area contributed by atoms with Crippen molar-refractivity contribution in [3.8, 4) is 5.75 Å². The predicted molar refractivity (Wildman–Crippen MR) is 66.2 cm³/mol. The molecule has 0 saturated heterocycles. The van der Waals surface area contributed by atoms with Crippen molar-refractivity contribution in [3.05, 3.63) is 46.1 Å². The van der Waals surface area contributed by atoms with E-state index in [4.69, 9.17) is 4.74 Å². The van der Waals surface area contributed by atoms with Gasteiger partial charge in [0.25, 0.3) is 5.91 Å². The Morgan fingerprint density at radius 2 is 2.26 bits per heavy atom. The number of anilines is 1. The number of rotatable bonds is 4. The summed E-state index contributed by atoms with van der Waals surface area (Å²) >= 11 is 0. The van der Waals surface area contributed by atoms with Crippen molar-refractivity contribution in [1.82, 2.24) is 10.2 Å². The molecule has 2 N–H and O–H groups in total. The minimum atomic E-state index is -0.605. The molecule has 0 radical (unpaired) electrons. The summed E-state index contributed by atoms with van der Waals surface area (Å²) in [6.45, 7) is 0. The molecule has 0 aliphatic carbocycles. The van der Waals surface area contributed by atoms with Gasteiger partial charge in [0, 0.05) is 12.1 Å². The minimum absolute atomic E-state index is 0.0753. The molecule has 2 rings (SSSR count). The van der Waals surface area contributed by atoms with Crippen molar-refractivity contribution in [2.45, 2.75) is 0 Å². The second kappa shape index (κ2) is 5.17. The Labute approximate surface area is 107 Å². The van der Waals surface area contributed by atoms with Crippen molar-refractivity contribution < 1.29 is 14.5 Å². The molecular formula is C11H10N4O4. The van der Waals surface area contributed by atoms with Gasteiger partial charge < -0.3 is 10.1 Å². The number of nitro benzene ring substituents is 1. The fourth-order valence-corrected chi connectivity index (χ4v) is 1.58. The average Bonchev–Trinajstić information content (AvgIpc) is 2.90. The number of benzene rings is 1. The van der Waals surface area contributed by atoms with Gasteiger partial charge in [0.05, 0.1) is 23.8 Å². The van der Waals surface area contributed by atoms with Crippen LogP contribution in [-0.2, 0) is 0 Å². The Kier molecular flexibility index (Phi) is 3.42. The highest BCUT2D eigenvalue weighted by molar-refractivity contribution is 6.06. The van der Waals surface area contributed by atoms with E-state index in [9.17, 15) is 14.9 Å². The number of aromatic nitrogens is 2. The van der Waals surface area contributed by atoms with Gasteiger partial charge >= 0.3 is 5.69 Å². The number of hydrogen-bond donors (Lipinski definition) is 2. The third kappa shape index (κ3) is 2.51. The lowest BCUT2D eigenvalue weighted by Gasteiger charge is -2.08. The van der Waals surface area contributed by atoms with Gasteiger partial charge in [0.1, 0.15) is 5.82 Å². The quantitative estimate of drug-likeness (QED) is 0.642. The molecule has 1 heterocycles. The summed E-state index contributed by atoms with van der Waals surface area (Å²) in [4.78, 5) is 22.2. The molecule has 0 saturated carbocycles. The van der Waals surface area contributed by atoms with E-state index in [1.165, 1.54) is 31.5 Å². The molecule has 8 nitrogen and oxygen atoms in total. The molecule has 0 atom stereocenters. The van der Waals surface area contributed by atoms with E-state index < -0.39 is 10.8 Å². The zero-order chi connectivity index (χ0) is 13.8. The maximum Gasteiger partial charge on any atom is 0.311 e. The summed E-state index contributed by atoms with van der Waals surface area (Å²) in [7, 11) is 1.27. The number of methoxy groups -OCH3 is 1. The lowest BCUT2D eigenvalue weighted by molar-refractivity contribution is -0.385. The van der Waals surface area contributed by atoms with Gasteiger partial charge in [-0.3, -0.25) is 20.0 Å². The number of carbonyl (C=O) groups is 1. The molecule has 1 aromatic heterocycles. The molecule has 1 amide bonds. The number of amides is 1. The predicted octanol–water partition coefficient (Wildman–Crippen LogP) is 1.58. The van der Waals surface area contributed by atoms with Crippen LogP contribution in [0.5, 0.6) is 5.75 Å². The largest absolute Gasteiger partial charge is 0.490 e. The van der Waals surface area contributed by atoms with E-state index in [1.807, 2.05) is 0 Å². The summed E-state index contributed by atoms with van der Waals surface area (Å²) in [6, 6.07) is 5.69. The molecule has 0 fully saturated rings. The molecule has 0 bridgehead atoms. The number of aromatic amines is 1. The van der Waals surface area contributed by atoms with Crippen LogP contribution in [0.15, 0.2) is 30.5 Å². The first-order chi connectivity index (χ1) is 9.13. The number of H-pyrrole nitrogens is 1. The SMILES string of the molecule is COc1c(C(=O)Nc2ccn[nH]2)cccc1[N+](=O)[O-]. The van der Waals surface area contributed by atoms with Crippen LogP contribution in [-0.4, -0.2) is 28.1 Å². The van der Waals surface area contributed by atoms with Gasteiger partial charge in [-0.25, -0.2) is 0 Å². The highest BCUT2D eigenvalue weighted by Crippen LogP contribution is 2.30. The number of nitro groups is 1. The molecule has 2 aromatic rings. The molecule has 19 heavy (non-hydrogen) atoms. The molecule has 98 valence electrons. The van der Waals surface area contributed by atoms with Gasteiger partial charge in [-0.15, -0.1) is 0 Å². The number of ether oxygens (including phenoxy) is 1. The lowest BCUT2D eigenvalue weighted by Crippen LogP contribution is -2.14. The Balaban J connectivity index is 2.36. The first-order valence-corrected chi connectivity index (χ1v) is 5.25. The van der Waals surface area contributed by atoms with Crippen LogP contribution >= 0.6 is 0 Å². The van der Waals surface area contributed by atoms with Crippen LogP contribution in [0.3, 0.4) is 0 Å². The first-order valence-electron chi connectivity index (χ1n) is 5.25. The van der Waals surface area contributed by atoms with Crippen LogP contribution in [0, 0.1) is 10.1 Å². The number of nitrogens with zero attached hydrogens (tertiary/aromatic N) is 2. The molecule has 1 aromatic carbocycles. The summed E-state index contributed by atoms with van der Waals surface area (Å²) < 4.78 is 4.95. The third-order valence-corrected chi connectivity index (χ3v) is 2.39. The van der Waals surface area contributed by atoms with Crippen LogP contribution in [0.1, 0.15) is 10.4 Å². The topological polar surface area (TPSA) is 110 Å². The normalized spacial score (nSPS) is 9.95.